The van der Waals surface area contributed by atoms with Gasteiger partial charge in [-0.15, -0.1) is 11.3 Å². The Morgan fingerprint density at radius 3 is 2.67 bits per heavy atom. The smallest absolute Gasteiger partial charge is 0.102 e. The summed E-state index contributed by atoms with van der Waals surface area (Å²) in [7, 11) is 0. The Morgan fingerprint density at radius 2 is 2.11 bits per heavy atom. The van der Waals surface area contributed by atoms with E-state index in [1.807, 2.05) is 23.6 Å². The topological polar surface area (TPSA) is 23.8 Å². The van der Waals surface area contributed by atoms with E-state index < -0.39 is 0 Å². The molecule has 0 N–H and O–H groups in total. The Labute approximate surface area is 127 Å². The highest BCUT2D eigenvalue weighted by atomic mass is 79.9. The van der Waals surface area contributed by atoms with E-state index in [1.165, 1.54) is 11.3 Å². The van der Waals surface area contributed by atoms with Gasteiger partial charge in [-0.05, 0) is 23.6 Å². The molecule has 0 radical (unpaired) electrons. The first-order valence-electron chi connectivity index (χ1n) is 4.92. The van der Waals surface area contributed by atoms with Crippen LogP contribution in [0.4, 0.5) is 0 Å². The fourth-order valence-electron chi connectivity index (χ4n) is 1.44. The molecule has 0 fully saturated rings. The molecule has 0 atom stereocenters. The van der Waals surface area contributed by atoms with Crippen molar-refractivity contribution in [3.05, 3.63) is 55.6 Å². The Morgan fingerprint density at radius 1 is 1.33 bits per heavy atom. The standard InChI is InChI=1S/C13H6BrCl2NS/c14-8-3-4-9(11(15)6-8)13(16)10(7-17)12-2-1-5-18-12/h1-6H/b13-10-. The van der Waals surface area contributed by atoms with Crippen molar-refractivity contribution in [2.24, 2.45) is 0 Å². The van der Waals surface area contributed by atoms with Gasteiger partial charge in [0.25, 0.3) is 0 Å². The molecule has 90 valence electrons. The molecule has 0 saturated heterocycles. The van der Waals surface area contributed by atoms with Crippen molar-refractivity contribution < 1.29 is 0 Å². The fourth-order valence-corrected chi connectivity index (χ4v) is 3.34. The molecule has 0 spiro atoms. The molecular formula is C13H6BrCl2NS. The molecule has 5 heteroatoms. The highest BCUT2D eigenvalue weighted by Gasteiger charge is 2.13. The van der Waals surface area contributed by atoms with E-state index in [9.17, 15) is 5.26 Å². The largest absolute Gasteiger partial charge is 0.192 e. The zero-order valence-corrected chi connectivity index (χ0v) is 12.9. The number of nitrogens with zero attached hydrogens (tertiary/aromatic N) is 1. The van der Waals surface area contributed by atoms with E-state index in [0.717, 1.165) is 9.35 Å². The second kappa shape index (κ2) is 5.90. The first-order valence-corrected chi connectivity index (χ1v) is 7.35. The third kappa shape index (κ3) is 2.78. The maximum atomic E-state index is 9.24. The van der Waals surface area contributed by atoms with Crippen LogP contribution in [0, 0.1) is 11.3 Å². The summed E-state index contributed by atoms with van der Waals surface area (Å²) >= 11 is 17.2. The van der Waals surface area contributed by atoms with Gasteiger partial charge in [0.1, 0.15) is 6.07 Å². The van der Waals surface area contributed by atoms with Crippen LogP contribution in [-0.2, 0) is 0 Å². The van der Waals surface area contributed by atoms with Crippen LogP contribution in [0.25, 0.3) is 10.6 Å². The molecule has 2 aromatic rings. The number of hydrogen-bond acceptors (Lipinski definition) is 2. The molecule has 1 aromatic carbocycles. The zero-order valence-electron chi connectivity index (χ0n) is 8.95. The fraction of sp³-hybridized carbons (Fsp3) is 0. The molecule has 2 rings (SSSR count). The van der Waals surface area contributed by atoms with Crippen LogP contribution in [0.2, 0.25) is 5.02 Å². The van der Waals surface area contributed by atoms with E-state index >= 15 is 0 Å². The van der Waals surface area contributed by atoms with Gasteiger partial charge in [-0.2, -0.15) is 5.26 Å². The number of rotatable bonds is 2. The molecule has 0 aliphatic heterocycles. The van der Waals surface area contributed by atoms with Gasteiger partial charge in [0, 0.05) is 14.9 Å². The van der Waals surface area contributed by atoms with Gasteiger partial charge in [0.15, 0.2) is 0 Å². The maximum Gasteiger partial charge on any atom is 0.102 e. The number of benzene rings is 1. The molecule has 1 aromatic heterocycles. The third-order valence-electron chi connectivity index (χ3n) is 2.27. The first kappa shape index (κ1) is 13.6. The molecule has 18 heavy (non-hydrogen) atoms. The van der Waals surface area contributed by atoms with Crippen LogP contribution < -0.4 is 0 Å². The summed E-state index contributed by atoms with van der Waals surface area (Å²) in [4.78, 5) is 0.835. The molecule has 1 heterocycles. The molecule has 0 bridgehead atoms. The highest BCUT2D eigenvalue weighted by Crippen LogP contribution is 2.35. The lowest BCUT2D eigenvalue weighted by molar-refractivity contribution is 1.53. The number of allylic oxidation sites excluding steroid dienone is 1. The van der Waals surface area contributed by atoms with Crippen LogP contribution in [0.15, 0.2) is 40.2 Å². The summed E-state index contributed by atoms with van der Waals surface area (Å²) in [6.07, 6.45) is 0. The predicted molar refractivity (Wildman–Crippen MR) is 81.8 cm³/mol. The number of nitriles is 1. The summed E-state index contributed by atoms with van der Waals surface area (Å²) in [5, 5.41) is 12.0. The molecule has 0 aliphatic rings. The average molecular weight is 359 g/mol. The molecule has 0 amide bonds. The van der Waals surface area contributed by atoms with E-state index in [4.69, 9.17) is 23.2 Å². The minimum atomic E-state index is 0.373. The lowest BCUT2D eigenvalue weighted by Gasteiger charge is -2.05. The second-order valence-corrected chi connectivity index (χ2v) is 6.05. The summed E-state index contributed by atoms with van der Waals surface area (Å²) in [6.45, 7) is 0. The summed E-state index contributed by atoms with van der Waals surface area (Å²) in [5.41, 5.74) is 1.10. The normalized spacial score (nSPS) is 11.9. The third-order valence-corrected chi connectivity index (χ3v) is 4.35. The van der Waals surface area contributed by atoms with E-state index in [2.05, 4.69) is 22.0 Å². The quantitative estimate of drug-likeness (QED) is 0.623. The monoisotopic (exact) mass is 357 g/mol. The van der Waals surface area contributed by atoms with Crippen molar-refractivity contribution in [1.29, 1.82) is 5.26 Å². The van der Waals surface area contributed by atoms with Crippen LogP contribution >= 0.6 is 50.5 Å². The second-order valence-electron chi connectivity index (χ2n) is 3.40. The van der Waals surface area contributed by atoms with Gasteiger partial charge in [0.05, 0.1) is 15.6 Å². The number of halogens is 3. The van der Waals surface area contributed by atoms with Crippen molar-refractivity contribution >= 4 is 61.1 Å². The maximum absolute atomic E-state index is 9.24. The minimum absolute atomic E-state index is 0.373. The van der Waals surface area contributed by atoms with Crippen LogP contribution in [0.5, 0.6) is 0 Å². The first-order chi connectivity index (χ1) is 8.63. The number of thiophene rings is 1. The summed E-state index contributed by atoms with van der Waals surface area (Å²) in [5.74, 6) is 0. The van der Waals surface area contributed by atoms with Crippen molar-refractivity contribution in [2.75, 3.05) is 0 Å². The van der Waals surface area contributed by atoms with Gasteiger partial charge in [-0.25, -0.2) is 0 Å². The molecule has 0 saturated carbocycles. The molecular weight excluding hydrogens is 353 g/mol. The van der Waals surface area contributed by atoms with Crippen molar-refractivity contribution in [3.63, 3.8) is 0 Å². The lowest BCUT2D eigenvalue weighted by atomic mass is 10.1. The van der Waals surface area contributed by atoms with Crippen molar-refractivity contribution in [3.8, 4) is 6.07 Å². The zero-order chi connectivity index (χ0) is 13.1. The summed E-state index contributed by atoms with van der Waals surface area (Å²) < 4.78 is 0.871. The Kier molecular flexibility index (Phi) is 4.47. The van der Waals surface area contributed by atoms with Gasteiger partial charge < -0.3 is 0 Å². The van der Waals surface area contributed by atoms with E-state index in [0.29, 0.717) is 21.2 Å². The van der Waals surface area contributed by atoms with Crippen LogP contribution in [0.1, 0.15) is 10.4 Å². The van der Waals surface area contributed by atoms with Gasteiger partial charge in [0.2, 0.25) is 0 Å². The van der Waals surface area contributed by atoms with Crippen molar-refractivity contribution in [1.82, 2.24) is 0 Å². The van der Waals surface area contributed by atoms with Gasteiger partial charge >= 0.3 is 0 Å². The SMILES string of the molecule is N#C/C(=C(/Cl)c1ccc(Br)cc1Cl)c1cccs1. The molecule has 0 unspecified atom stereocenters. The van der Waals surface area contributed by atoms with Crippen LogP contribution in [0.3, 0.4) is 0 Å². The average Bonchev–Trinajstić information content (AvgIpc) is 2.83. The Hall–Kier alpha value is -0.790. The Balaban J connectivity index is 2.58. The van der Waals surface area contributed by atoms with E-state index in [-0.39, 0.29) is 0 Å². The van der Waals surface area contributed by atoms with Gasteiger partial charge in [-0.1, -0.05) is 51.3 Å². The van der Waals surface area contributed by atoms with Crippen LogP contribution in [-0.4, -0.2) is 0 Å². The van der Waals surface area contributed by atoms with Crippen molar-refractivity contribution in [2.45, 2.75) is 0 Å². The van der Waals surface area contributed by atoms with E-state index in [1.54, 1.807) is 12.1 Å². The Bertz CT molecular complexity index is 642. The highest BCUT2D eigenvalue weighted by molar-refractivity contribution is 9.10. The minimum Gasteiger partial charge on any atom is -0.192 e. The number of hydrogen-bond donors (Lipinski definition) is 0. The lowest BCUT2D eigenvalue weighted by Crippen LogP contribution is -1.85. The predicted octanol–water partition coefficient (Wildman–Crippen LogP) is 5.79. The molecule has 1 nitrogen and oxygen atoms in total. The molecule has 0 aliphatic carbocycles. The summed E-state index contributed by atoms with van der Waals surface area (Å²) in [6, 6.07) is 11.3. The van der Waals surface area contributed by atoms with Gasteiger partial charge in [-0.3, -0.25) is 0 Å².